The number of halogens is 1. The molecule has 9 heteroatoms. The number of rotatable bonds is 4. The molecule has 0 N–H and O–H groups in total. The Hall–Kier alpha value is -2.97. The van der Waals surface area contributed by atoms with Gasteiger partial charge in [-0.25, -0.2) is 0 Å². The number of piperazine rings is 1. The molecule has 2 aliphatic heterocycles. The first-order chi connectivity index (χ1) is 14.4. The van der Waals surface area contributed by atoms with Crippen LogP contribution in [0.15, 0.2) is 42.5 Å². The van der Waals surface area contributed by atoms with E-state index in [1.807, 2.05) is 34.1 Å². The van der Waals surface area contributed by atoms with Crippen LogP contribution >= 0.6 is 11.6 Å². The lowest BCUT2D eigenvalue weighted by Crippen LogP contribution is -2.51. The second kappa shape index (κ2) is 8.41. The van der Waals surface area contributed by atoms with Crippen LogP contribution in [0.3, 0.4) is 0 Å². The van der Waals surface area contributed by atoms with Crippen LogP contribution in [0.4, 0.5) is 11.4 Å². The number of nitrogens with zero attached hydrogens (tertiary/aromatic N) is 4. The van der Waals surface area contributed by atoms with Crippen molar-refractivity contribution in [2.24, 2.45) is 0 Å². The van der Waals surface area contributed by atoms with Crippen LogP contribution in [0.2, 0.25) is 5.02 Å². The van der Waals surface area contributed by atoms with Gasteiger partial charge in [0.15, 0.2) is 0 Å². The van der Waals surface area contributed by atoms with Gasteiger partial charge < -0.3 is 9.80 Å². The van der Waals surface area contributed by atoms with Gasteiger partial charge in [-0.05, 0) is 30.2 Å². The fraction of sp³-hybridized carbons (Fsp3) is 0.333. The van der Waals surface area contributed by atoms with Crippen LogP contribution < -0.4 is 4.90 Å². The Morgan fingerprint density at radius 1 is 1.03 bits per heavy atom. The van der Waals surface area contributed by atoms with Crippen molar-refractivity contribution in [3.05, 3.63) is 68.7 Å². The summed E-state index contributed by atoms with van der Waals surface area (Å²) < 4.78 is 0. The van der Waals surface area contributed by atoms with Crippen molar-refractivity contribution in [2.45, 2.75) is 6.42 Å². The van der Waals surface area contributed by atoms with Crippen molar-refractivity contribution < 1.29 is 14.5 Å². The molecule has 0 aliphatic carbocycles. The lowest BCUT2D eigenvalue weighted by molar-refractivity contribution is -0.385. The molecule has 0 spiro atoms. The van der Waals surface area contributed by atoms with Gasteiger partial charge in [-0.15, -0.1) is 0 Å². The molecule has 2 amide bonds. The van der Waals surface area contributed by atoms with Crippen LogP contribution in [0.25, 0.3) is 0 Å². The molecule has 2 aromatic rings. The third-order valence-electron chi connectivity index (χ3n) is 5.59. The number of benzene rings is 2. The van der Waals surface area contributed by atoms with Gasteiger partial charge in [0.2, 0.25) is 5.91 Å². The topological polar surface area (TPSA) is 87.0 Å². The molecule has 2 aromatic carbocycles. The van der Waals surface area contributed by atoms with E-state index in [9.17, 15) is 19.7 Å². The predicted molar refractivity (Wildman–Crippen MR) is 113 cm³/mol. The highest BCUT2D eigenvalue weighted by molar-refractivity contribution is 6.31. The summed E-state index contributed by atoms with van der Waals surface area (Å²) in [6, 6.07) is 12.0. The van der Waals surface area contributed by atoms with E-state index in [2.05, 4.69) is 0 Å². The van der Waals surface area contributed by atoms with Crippen LogP contribution in [0, 0.1) is 10.1 Å². The average molecular weight is 429 g/mol. The highest BCUT2D eigenvalue weighted by Crippen LogP contribution is 2.28. The van der Waals surface area contributed by atoms with Gasteiger partial charge in [-0.2, -0.15) is 0 Å². The van der Waals surface area contributed by atoms with Gasteiger partial charge in [0.05, 0.1) is 11.5 Å². The van der Waals surface area contributed by atoms with E-state index in [1.165, 1.54) is 23.8 Å². The van der Waals surface area contributed by atoms with Crippen LogP contribution in [0.1, 0.15) is 15.9 Å². The first-order valence-electron chi connectivity index (χ1n) is 9.78. The summed E-state index contributed by atoms with van der Waals surface area (Å²) in [5.41, 5.74) is 1.90. The maximum atomic E-state index is 12.8. The summed E-state index contributed by atoms with van der Waals surface area (Å²) in [7, 11) is 0. The van der Waals surface area contributed by atoms with Crippen molar-refractivity contribution >= 4 is 34.8 Å². The number of anilines is 1. The van der Waals surface area contributed by atoms with Gasteiger partial charge in [0.25, 0.3) is 11.6 Å². The summed E-state index contributed by atoms with van der Waals surface area (Å²) in [5.74, 6) is -0.342. The number of nitro groups is 1. The third-order valence-corrected chi connectivity index (χ3v) is 5.83. The van der Waals surface area contributed by atoms with E-state index in [0.29, 0.717) is 32.7 Å². The molecule has 0 radical (unpaired) electrons. The molecule has 0 aromatic heterocycles. The summed E-state index contributed by atoms with van der Waals surface area (Å²) in [6.07, 6.45) is 0.865. The molecular formula is C21H21ClN4O4. The molecule has 156 valence electrons. The molecule has 30 heavy (non-hydrogen) atoms. The van der Waals surface area contributed by atoms with Gasteiger partial charge in [-0.3, -0.25) is 24.6 Å². The van der Waals surface area contributed by atoms with E-state index in [-0.39, 0.29) is 28.7 Å². The first-order valence-corrected chi connectivity index (χ1v) is 10.2. The Morgan fingerprint density at radius 3 is 2.50 bits per heavy atom. The van der Waals surface area contributed by atoms with Gasteiger partial charge in [0, 0.05) is 49.5 Å². The standard InChI is InChI=1S/C21H21ClN4O4/c22-16-5-6-17(19(13-16)26(29)30)21(28)24-11-9-23(10-12-24)14-20(27)25-8-7-15-3-1-2-4-18(15)25/h1-6,13H,7-12,14H2. The Morgan fingerprint density at radius 2 is 1.77 bits per heavy atom. The zero-order valence-corrected chi connectivity index (χ0v) is 17.0. The van der Waals surface area contributed by atoms with Crippen molar-refractivity contribution in [1.29, 1.82) is 0 Å². The lowest BCUT2D eigenvalue weighted by Gasteiger charge is -2.35. The Bertz CT molecular complexity index is 1000. The van der Waals surface area contributed by atoms with Crippen LogP contribution in [-0.2, 0) is 11.2 Å². The van der Waals surface area contributed by atoms with E-state index in [4.69, 9.17) is 11.6 Å². The smallest absolute Gasteiger partial charge is 0.283 e. The van der Waals surface area contributed by atoms with E-state index >= 15 is 0 Å². The number of nitro benzene ring substituents is 1. The maximum absolute atomic E-state index is 12.8. The molecule has 1 saturated heterocycles. The van der Waals surface area contributed by atoms with E-state index in [1.54, 1.807) is 4.90 Å². The molecule has 0 saturated carbocycles. The van der Waals surface area contributed by atoms with Crippen LogP contribution in [-0.4, -0.2) is 65.8 Å². The SMILES string of the molecule is O=C(c1ccc(Cl)cc1[N+](=O)[O-])N1CCN(CC(=O)N2CCc3ccccc32)CC1. The number of hydrogen-bond donors (Lipinski definition) is 0. The summed E-state index contributed by atoms with van der Waals surface area (Å²) in [4.78, 5) is 41.7. The summed E-state index contributed by atoms with van der Waals surface area (Å²) in [6.45, 7) is 2.86. The first kappa shape index (κ1) is 20.3. The molecule has 2 heterocycles. The minimum atomic E-state index is -0.595. The number of para-hydroxylation sites is 1. The quantitative estimate of drug-likeness (QED) is 0.551. The molecule has 1 fully saturated rings. The molecule has 4 rings (SSSR count). The average Bonchev–Trinajstić information content (AvgIpc) is 3.18. The second-order valence-electron chi connectivity index (χ2n) is 7.41. The maximum Gasteiger partial charge on any atom is 0.283 e. The molecule has 2 aliphatic rings. The Balaban J connectivity index is 1.36. The van der Waals surface area contributed by atoms with Gasteiger partial charge in [-0.1, -0.05) is 29.8 Å². The molecule has 0 atom stereocenters. The highest BCUT2D eigenvalue weighted by atomic mass is 35.5. The minimum absolute atomic E-state index is 0.0302. The molecule has 8 nitrogen and oxygen atoms in total. The zero-order chi connectivity index (χ0) is 21.3. The van der Waals surface area contributed by atoms with Crippen molar-refractivity contribution in [1.82, 2.24) is 9.80 Å². The van der Waals surface area contributed by atoms with Gasteiger partial charge >= 0.3 is 0 Å². The fourth-order valence-corrected chi connectivity index (χ4v) is 4.16. The number of carbonyl (C=O) groups is 2. The summed E-state index contributed by atoms with van der Waals surface area (Å²) in [5, 5.41) is 11.5. The minimum Gasteiger partial charge on any atom is -0.336 e. The second-order valence-corrected chi connectivity index (χ2v) is 7.85. The third kappa shape index (κ3) is 4.01. The normalized spacial score (nSPS) is 16.4. The molecular weight excluding hydrogens is 408 g/mol. The van der Waals surface area contributed by atoms with E-state index < -0.39 is 10.8 Å². The molecule has 0 bridgehead atoms. The zero-order valence-electron chi connectivity index (χ0n) is 16.3. The number of amides is 2. The molecule has 0 unspecified atom stereocenters. The van der Waals surface area contributed by atoms with Crippen molar-refractivity contribution in [3.8, 4) is 0 Å². The van der Waals surface area contributed by atoms with Crippen molar-refractivity contribution in [2.75, 3.05) is 44.2 Å². The van der Waals surface area contributed by atoms with Gasteiger partial charge in [0.1, 0.15) is 5.56 Å². The van der Waals surface area contributed by atoms with Crippen molar-refractivity contribution in [3.63, 3.8) is 0 Å². The summed E-state index contributed by atoms with van der Waals surface area (Å²) >= 11 is 5.83. The largest absolute Gasteiger partial charge is 0.336 e. The lowest BCUT2D eigenvalue weighted by atomic mass is 10.1. The number of fused-ring (bicyclic) bond motifs is 1. The number of carbonyl (C=O) groups excluding carboxylic acids is 2. The van der Waals surface area contributed by atoms with E-state index in [0.717, 1.165) is 12.1 Å². The predicted octanol–water partition coefficient (Wildman–Crippen LogP) is 2.60. The number of hydrogen-bond acceptors (Lipinski definition) is 5. The Labute approximate surface area is 178 Å². The fourth-order valence-electron chi connectivity index (χ4n) is 3.99. The highest BCUT2D eigenvalue weighted by Gasteiger charge is 2.30. The monoisotopic (exact) mass is 428 g/mol. The van der Waals surface area contributed by atoms with Crippen LogP contribution in [0.5, 0.6) is 0 Å². The Kier molecular flexibility index (Phi) is 5.69.